The summed E-state index contributed by atoms with van der Waals surface area (Å²) in [7, 11) is 0. The van der Waals surface area contributed by atoms with Gasteiger partial charge >= 0.3 is 0 Å². The van der Waals surface area contributed by atoms with Gasteiger partial charge in [0.15, 0.2) is 0 Å². The molecule has 2 fully saturated rings. The SMILES string of the molecule is CC(C)n1cnnc1C1C2CCCC21. The smallest absolute Gasteiger partial charge is 0.136 e. The van der Waals surface area contributed by atoms with Crippen LogP contribution in [-0.4, -0.2) is 14.8 Å². The van der Waals surface area contributed by atoms with Crippen molar-refractivity contribution in [2.45, 2.75) is 45.1 Å². The number of nitrogens with zero attached hydrogens (tertiary/aromatic N) is 3. The molecular weight excluding hydrogens is 174 g/mol. The van der Waals surface area contributed by atoms with Crippen molar-refractivity contribution < 1.29 is 0 Å². The maximum absolute atomic E-state index is 4.29. The van der Waals surface area contributed by atoms with Crippen LogP contribution < -0.4 is 0 Å². The molecule has 0 saturated heterocycles. The van der Waals surface area contributed by atoms with Gasteiger partial charge in [0.25, 0.3) is 0 Å². The van der Waals surface area contributed by atoms with Crippen molar-refractivity contribution in [3.8, 4) is 0 Å². The molecule has 1 aromatic heterocycles. The predicted octanol–water partition coefficient (Wildman–Crippen LogP) is 2.37. The molecular formula is C11H17N3. The Morgan fingerprint density at radius 2 is 2.07 bits per heavy atom. The summed E-state index contributed by atoms with van der Waals surface area (Å²) in [5.74, 6) is 3.87. The fourth-order valence-corrected chi connectivity index (χ4v) is 3.09. The van der Waals surface area contributed by atoms with Crippen LogP contribution in [0.15, 0.2) is 6.33 Å². The van der Waals surface area contributed by atoms with Gasteiger partial charge in [-0.25, -0.2) is 0 Å². The molecule has 2 unspecified atom stereocenters. The summed E-state index contributed by atoms with van der Waals surface area (Å²) in [5, 5.41) is 8.34. The molecule has 2 atom stereocenters. The van der Waals surface area contributed by atoms with Gasteiger partial charge in [-0.2, -0.15) is 0 Å². The molecule has 0 aromatic carbocycles. The van der Waals surface area contributed by atoms with E-state index in [1.54, 1.807) is 0 Å². The van der Waals surface area contributed by atoms with Crippen LogP contribution in [0.4, 0.5) is 0 Å². The fourth-order valence-electron chi connectivity index (χ4n) is 3.09. The number of rotatable bonds is 2. The molecule has 2 aliphatic carbocycles. The Morgan fingerprint density at radius 1 is 1.36 bits per heavy atom. The lowest BCUT2D eigenvalue weighted by Gasteiger charge is -2.10. The van der Waals surface area contributed by atoms with Gasteiger partial charge in [0.1, 0.15) is 12.2 Å². The van der Waals surface area contributed by atoms with Crippen LogP contribution in [0.5, 0.6) is 0 Å². The van der Waals surface area contributed by atoms with Crippen molar-refractivity contribution in [2.24, 2.45) is 11.8 Å². The summed E-state index contributed by atoms with van der Waals surface area (Å²) in [6.07, 6.45) is 6.15. The van der Waals surface area contributed by atoms with Gasteiger partial charge in [-0.15, -0.1) is 10.2 Å². The Balaban J connectivity index is 1.87. The molecule has 3 heteroatoms. The van der Waals surface area contributed by atoms with Gasteiger partial charge in [-0.3, -0.25) is 0 Å². The van der Waals surface area contributed by atoms with Crippen molar-refractivity contribution in [2.75, 3.05) is 0 Å². The number of hydrogen-bond acceptors (Lipinski definition) is 2. The summed E-state index contributed by atoms with van der Waals surface area (Å²) < 4.78 is 2.24. The van der Waals surface area contributed by atoms with Crippen molar-refractivity contribution in [1.82, 2.24) is 14.8 Å². The molecule has 0 aliphatic heterocycles. The molecule has 14 heavy (non-hydrogen) atoms. The molecule has 2 saturated carbocycles. The summed E-state index contributed by atoms with van der Waals surface area (Å²) >= 11 is 0. The number of aromatic nitrogens is 3. The van der Waals surface area contributed by atoms with E-state index in [0.29, 0.717) is 6.04 Å². The first kappa shape index (κ1) is 8.45. The summed E-state index contributed by atoms with van der Waals surface area (Å²) in [4.78, 5) is 0. The van der Waals surface area contributed by atoms with E-state index in [1.165, 1.54) is 25.1 Å². The second-order valence-corrected chi connectivity index (χ2v) is 4.97. The molecule has 2 aliphatic rings. The van der Waals surface area contributed by atoms with Crippen molar-refractivity contribution >= 4 is 0 Å². The van der Waals surface area contributed by atoms with E-state index in [1.807, 2.05) is 6.33 Å². The maximum Gasteiger partial charge on any atom is 0.136 e. The van der Waals surface area contributed by atoms with E-state index < -0.39 is 0 Å². The predicted molar refractivity (Wildman–Crippen MR) is 54.0 cm³/mol. The summed E-state index contributed by atoms with van der Waals surface area (Å²) in [6.45, 7) is 4.40. The third-order valence-corrected chi connectivity index (χ3v) is 3.86. The van der Waals surface area contributed by atoms with Gasteiger partial charge in [0.05, 0.1) is 0 Å². The minimum Gasteiger partial charge on any atom is -0.315 e. The van der Waals surface area contributed by atoms with Crippen LogP contribution in [-0.2, 0) is 0 Å². The van der Waals surface area contributed by atoms with Crippen molar-refractivity contribution in [3.63, 3.8) is 0 Å². The zero-order valence-corrected chi connectivity index (χ0v) is 8.85. The lowest BCUT2D eigenvalue weighted by atomic mass is 10.1. The molecule has 1 heterocycles. The van der Waals surface area contributed by atoms with E-state index in [4.69, 9.17) is 0 Å². The van der Waals surface area contributed by atoms with Crippen LogP contribution in [0.25, 0.3) is 0 Å². The average molecular weight is 191 g/mol. The molecule has 1 aromatic rings. The Hall–Kier alpha value is -0.860. The Bertz CT molecular complexity index is 332. The van der Waals surface area contributed by atoms with Crippen LogP contribution in [0, 0.1) is 11.8 Å². The van der Waals surface area contributed by atoms with Gasteiger partial charge < -0.3 is 4.57 Å². The third kappa shape index (κ3) is 1.04. The highest BCUT2D eigenvalue weighted by molar-refractivity contribution is 5.18. The summed E-state index contributed by atoms with van der Waals surface area (Å²) in [5.41, 5.74) is 0. The van der Waals surface area contributed by atoms with E-state index in [2.05, 4.69) is 28.6 Å². The van der Waals surface area contributed by atoms with Crippen LogP contribution in [0.1, 0.15) is 50.9 Å². The minimum atomic E-state index is 0.501. The first-order chi connectivity index (χ1) is 6.79. The van der Waals surface area contributed by atoms with Gasteiger partial charge in [-0.05, 0) is 38.5 Å². The highest BCUT2D eigenvalue weighted by atomic mass is 15.3. The number of fused-ring (bicyclic) bond motifs is 1. The topological polar surface area (TPSA) is 30.7 Å². The first-order valence-electron chi connectivity index (χ1n) is 5.68. The van der Waals surface area contributed by atoms with E-state index in [9.17, 15) is 0 Å². The van der Waals surface area contributed by atoms with Crippen molar-refractivity contribution in [3.05, 3.63) is 12.2 Å². The third-order valence-electron chi connectivity index (χ3n) is 3.86. The second kappa shape index (κ2) is 2.81. The lowest BCUT2D eigenvalue weighted by Crippen LogP contribution is -2.06. The molecule has 0 radical (unpaired) electrons. The second-order valence-electron chi connectivity index (χ2n) is 4.97. The molecule has 76 valence electrons. The zero-order valence-electron chi connectivity index (χ0n) is 8.85. The lowest BCUT2D eigenvalue weighted by molar-refractivity contribution is 0.543. The number of hydrogen-bond donors (Lipinski definition) is 0. The minimum absolute atomic E-state index is 0.501. The molecule has 0 N–H and O–H groups in total. The van der Waals surface area contributed by atoms with Crippen LogP contribution >= 0.6 is 0 Å². The molecule has 3 nitrogen and oxygen atoms in total. The van der Waals surface area contributed by atoms with Gasteiger partial charge in [0.2, 0.25) is 0 Å². The average Bonchev–Trinajstić information content (AvgIpc) is 2.63. The normalized spacial score (nSPS) is 34.9. The Morgan fingerprint density at radius 3 is 2.71 bits per heavy atom. The zero-order chi connectivity index (χ0) is 9.71. The fraction of sp³-hybridized carbons (Fsp3) is 0.818. The molecule has 0 amide bonds. The molecule has 0 bridgehead atoms. The van der Waals surface area contributed by atoms with E-state index >= 15 is 0 Å². The highest BCUT2D eigenvalue weighted by Gasteiger charge is 2.55. The molecule has 0 spiro atoms. The quantitative estimate of drug-likeness (QED) is 0.718. The first-order valence-corrected chi connectivity index (χ1v) is 5.68. The standard InChI is InChI=1S/C11H17N3/c1-7(2)14-6-12-13-11(14)10-8-4-3-5-9(8)10/h6-10H,3-5H2,1-2H3. The largest absolute Gasteiger partial charge is 0.315 e. The Labute approximate surface area is 84.5 Å². The maximum atomic E-state index is 4.29. The van der Waals surface area contributed by atoms with Crippen molar-refractivity contribution in [1.29, 1.82) is 0 Å². The van der Waals surface area contributed by atoms with Crippen LogP contribution in [0.2, 0.25) is 0 Å². The van der Waals surface area contributed by atoms with Crippen LogP contribution in [0.3, 0.4) is 0 Å². The monoisotopic (exact) mass is 191 g/mol. The Kier molecular flexibility index (Phi) is 1.70. The summed E-state index contributed by atoms with van der Waals surface area (Å²) in [6, 6.07) is 0.501. The highest BCUT2D eigenvalue weighted by Crippen LogP contribution is 2.62. The molecule has 3 rings (SSSR count). The van der Waals surface area contributed by atoms with Gasteiger partial charge in [-0.1, -0.05) is 6.42 Å². The van der Waals surface area contributed by atoms with Gasteiger partial charge in [0, 0.05) is 12.0 Å². The van der Waals surface area contributed by atoms with E-state index in [-0.39, 0.29) is 0 Å². The van der Waals surface area contributed by atoms with E-state index in [0.717, 1.165) is 17.8 Å².